The molecule has 2 heterocycles. The lowest BCUT2D eigenvalue weighted by Gasteiger charge is -2.08. The summed E-state index contributed by atoms with van der Waals surface area (Å²) in [5, 5.41) is -0.240. The van der Waals surface area contributed by atoms with Crippen molar-refractivity contribution >= 4 is 21.0 Å². The second-order valence-electron chi connectivity index (χ2n) is 5.93. The van der Waals surface area contributed by atoms with Gasteiger partial charge in [0.05, 0.1) is 0 Å². The lowest BCUT2D eigenvalue weighted by Crippen LogP contribution is -2.40. The van der Waals surface area contributed by atoms with Gasteiger partial charge in [-0.25, -0.2) is 13.2 Å². The molecule has 0 atom stereocenters. The molecule has 1 aromatic carbocycles. The van der Waals surface area contributed by atoms with Gasteiger partial charge in [-0.1, -0.05) is 30.3 Å². The Morgan fingerprint density at radius 2 is 1.68 bits per heavy atom. The van der Waals surface area contributed by atoms with Crippen LogP contribution in [0.25, 0.3) is 11.2 Å². The Hall–Kier alpha value is -2.68. The van der Waals surface area contributed by atoms with Crippen LogP contribution < -0.4 is 11.2 Å². The number of aryl methyl sites for hydroxylation is 3. The van der Waals surface area contributed by atoms with E-state index in [2.05, 4.69) is 4.98 Å². The van der Waals surface area contributed by atoms with Gasteiger partial charge in [-0.2, -0.15) is 4.98 Å². The minimum Gasteiger partial charge on any atom is -0.312 e. The molecule has 0 spiro atoms. The average Bonchev–Trinajstić information content (AvgIpc) is 2.92. The van der Waals surface area contributed by atoms with Crippen molar-refractivity contribution < 1.29 is 8.42 Å². The highest BCUT2D eigenvalue weighted by molar-refractivity contribution is 7.90. The van der Waals surface area contributed by atoms with E-state index >= 15 is 0 Å². The average molecular weight is 362 g/mol. The van der Waals surface area contributed by atoms with E-state index in [1.54, 1.807) is 0 Å². The Kier molecular flexibility index (Phi) is 4.11. The maximum absolute atomic E-state index is 12.8. The second kappa shape index (κ2) is 5.99. The SMILES string of the molecule is Cn1c(S(C)(=O)=O)nc2c1c(=O)n(CCc1ccccc1)c(=O)n2C. The molecule has 8 nitrogen and oxygen atoms in total. The third kappa shape index (κ3) is 2.91. The lowest BCUT2D eigenvalue weighted by atomic mass is 10.1. The number of benzene rings is 1. The molecule has 0 amide bonds. The van der Waals surface area contributed by atoms with E-state index in [1.807, 2.05) is 30.3 Å². The molecule has 0 radical (unpaired) electrons. The number of rotatable bonds is 4. The molecule has 0 unspecified atom stereocenters. The number of imidazole rings is 1. The van der Waals surface area contributed by atoms with Crippen molar-refractivity contribution in [2.24, 2.45) is 14.1 Å². The van der Waals surface area contributed by atoms with Crippen LogP contribution in [-0.2, 0) is 36.9 Å². The van der Waals surface area contributed by atoms with E-state index in [1.165, 1.54) is 23.2 Å². The predicted octanol–water partition coefficient (Wildman–Crippen LogP) is 0.0799. The van der Waals surface area contributed by atoms with Gasteiger partial charge in [0.1, 0.15) is 0 Å². The second-order valence-corrected chi connectivity index (χ2v) is 7.84. The minimum absolute atomic E-state index is 0.0638. The van der Waals surface area contributed by atoms with Crippen molar-refractivity contribution in [3.05, 3.63) is 56.7 Å². The molecule has 0 fully saturated rings. The molecule has 132 valence electrons. The van der Waals surface area contributed by atoms with Gasteiger partial charge >= 0.3 is 5.69 Å². The summed E-state index contributed by atoms with van der Waals surface area (Å²) in [5.41, 5.74) is 0.0911. The fourth-order valence-corrected chi connectivity index (χ4v) is 3.68. The normalized spacial score (nSPS) is 12.0. The highest BCUT2D eigenvalue weighted by atomic mass is 32.2. The van der Waals surface area contributed by atoms with Crippen LogP contribution in [-0.4, -0.2) is 33.4 Å². The van der Waals surface area contributed by atoms with Crippen LogP contribution in [0, 0.1) is 0 Å². The van der Waals surface area contributed by atoms with Gasteiger partial charge in [0.2, 0.25) is 15.0 Å². The Morgan fingerprint density at radius 1 is 1.04 bits per heavy atom. The van der Waals surface area contributed by atoms with Crippen LogP contribution in [0.15, 0.2) is 45.1 Å². The molecule has 0 N–H and O–H groups in total. The minimum atomic E-state index is -3.62. The van der Waals surface area contributed by atoms with Crippen LogP contribution in [0.1, 0.15) is 5.56 Å². The van der Waals surface area contributed by atoms with Crippen LogP contribution in [0.5, 0.6) is 0 Å². The van der Waals surface area contributed by atoms with Crippen molar-refractivity contribution in [1.82, 2.24) is 18.7 Å². The van der Waals surface area contributed by atoms with E-state index in [-0.39, 0.29) is 22.9 Å². The lowest BCUT2D eigenvalue weighted by molar-refractivity contribution is 0.586. The summed E-state index contributed by atoms with van der Waals surface area (Å²) in [6.45, 7) is 0.199. The van der Waals surface area contributed by atoms with Gasteiger partial charge in [0, 0.05) is 26.9 Å². The fourth-order valence-electron chi connectivity index (χ4n) is 2.84. The Balaban J connectivity index is 2.19. The van der Waals surface area contributed by atoms with E-state index in [0.29, 0.717) is 6.42 Å². The molecule has 2 aromatic heterocycles. The maximum Gasteiger partial charge on any atom is 0.332 e. The molecular weight excluding hydrogens is 344 g/mol. The summed E-state index contributed by atoms with van der Waals surface area (Å²) >= 11 is 0. The first kappa shape index (κ1) is 17.2. The molecular formula is C16H18N4O4S. The molecule has 0 saturated carbocycles. The van der Waals surface area contributed by atoms with Gasteiger partial charge in [-0.15, -0.1) is 0 Å². The fraction of sp³-hybridized carbons (Fsp3) is 0.312. The first-order valence-electron chi connectivity index (χ1n) is 7.62. The van der Waals surface area contributed by atoms with E-state index in [4.69, 9.17) is 0 Å². The Bertz CT molecular complexity index is 1170. The van der Waals surface area contributed by atoms with Crippen LogP contribution in [0.2, 0.25) is 0 Å². The molecule has 0 aliphatic heterocycles. The molecule has 0 aliphatic carbocycles. The van der Waals surface area contributed by atoms with Crippen LogP contribution >= 0.6 is 0 Å². The third-order valence-corrected chi connectivity index (χ3v) is 5.15. The molecule has 3 aromatic rings. The molecule has 25 heavy (non-hydrogen) atoms. The summed E-state index contributed by atoms with van der Waals surface area (Å²) in [7, 11) is -0.690. The van der Waals surface area contributed by atoms with Crippen molar-refractivity contribution in [2.75, 3.05) is 6.26 Å². The van der Waals surface area contributed by atoms with Gasteiger partial charge < -0.3 is 4.57 Å². The monoisotopic (exact) mass is 362 g/mol. The van der Waals surface area contributed by atoms with E-state index in [0.717, 1.165) is 16.4 Å². The van der Waals surface area contributed by atoms with Crippen molar-refractivity contribution in [3.63, 3.8) is 0 Å². The summed E-state index contributed by atoms with van der Waals surface area (Å²) < 4.78 is 27.2. The smallest absolute Gasteiger partial charge is 0.312 e. The zero-order valence-corrected chi connectivity index (χ0v) is 14.9. The maximum atomic E-state index is 12.8. The van der Waals surface area contributed by atoms with Gasteiger partial charge in [-0.3, -0.25) is 13.9 Å². The molecule has 0 saturated heterocycles. The Labute approximate surface area is 143 Å². The van der Waals surface area contributed by atoms with Crippen molar-refractivity contribution in [3.8, 4) is 0 Å². The first-order valence-corrected chi connectivity index (χ1v) is 9.51. The highest BCUT2D eigenvalue weighted by Gasteiger charge is 2.23. The van der Waals surface area contributed by atoms with Crippen molar-refractivity contribution in [1.29, 1.82) is 0 Å². The number of fused-ring (bicyclic) bond motifs is 1. The predicted molar refractivity (Wildman–Crippen MR) is 93.5 cm³/mol. The summed E-state index contributed by atoms with van der Waals surface area (Å²) in [4.78, 5) is 29.3. The standard InChI is InChI=1S/C16H18N4O4S/c1-18-12-13(17-15(18)25(3,23)24)19(2)16(22)20(14(12)21)10-9-11-7-5-4-6-8-11/h4-8H,9-10H2,1-3H3. The zero-order chi connectivity index (χ0) is 18.4. The highest BCUT2D eigenvalue weighted by Crippen LogP contribution is 2.13. The van der Waals surface area contributed by atoms with Crippen molar-refractivity contribution in [2.45, 2.75) is 18.1 Å². The topological polar surface area (TPSA) is 96.0 Å². The van der Waals surface area contributed by atoms with E-state index in [9.17, 15) is 18.0 Å². The number of hydrogen-bond acceptors (Lipinski definition) is 5. The third-order valence-electron chi connectivity index (χ3n) is 4.12. The number of nitrogens with zero attached hydrogens (tertiary/aromatic N) is 4. The quantitative estimate of drug-likeness (QED) is 0.655. The zero-order valence-electron chi connectivity index (χ0n) is 14.1. The van der Waals surface area contributed by atoms with Gasteiger partial charge in [-0.05, 0) is 12.0 Å². The number of sulfone groups is 1. The largest absolute Gasteiger partial charge is 0.332 e. The Morgan fingerprint density at radius 3 is 2.28 bits per heavy atom. The van der Waals surface area contributed by atoms with Gasteiger partial charge in [0.15, 0.2) is 11.2 Å². The van der Waals surface area contributed by atoms with Crippen LogP contribution in [0.3, 0.4) is 0 Å². The summed E-state index contributed by atoms with van der Waals surface area (Å²) in [6.07, 6.45) is 1.53. The van der Waals surface area contributed by atoms with Crippen LogP contribution in [0.4, 0.5) is 0 Å². The first-order chi connectivity index (χ1) is 11.7. The molecule has 3 rings (SSSR count). The van der Waals surface area contributed by atoms with Gasteiger partial charge in [0.25, 0.3) is 5.56 Å². The molecule has 0 aliphatic rings. The molecule has 9 heteroatoms. The summed E-state index contributed by atoms with van der Waals surface area (Å²) in [5.74, 6) is 0. The van der Waals surface area contributed by atoms with E-state index < -0.39 is 21.1 Å². The molecule has 0 bridgehead atoms. The number of hydrogen-bond donors (Lipinski definition) is 0. The number of aromatic nitrogens is 4. The summed E-state index contributed by atoms with van der Waals surface area (Å²) in [6, 6.07) is 9.50.